The van der Waals surface area contributed by atoms with Gasteiger partial charge in [0.2, 0.25) is 0 Å². The SMILES string of the molecule is CS(=O)(=O)c1ccc(SCc2cc(C(=O)O)no2)cc1. The van der Waals surface area contributed by atoms with Crippen molar-refractivity contribution in [1.82, 2.24) is 5.16 Å². The van der Waals surface area contributed by atoms with Crippen LogP contribution in [-0.4, -0.2) is 30.9 Å². The second-order valence-electron chi connectivity index (χ2n) is 4.02. The number of rotatable bonds is 5. The molecule has 0 aliphatic heterocycles. The Kier molecular flexibility index (Phi) is 4.15. The van der Waals surface area contributed by atoms with Gasteiger partial charge in [0, 0.05) is 17.2 Å². The highest BCUT2D eigenvalue weighted by Crippen LogP contribution is 2.24. The summed E-state index contributed by atoms with van der Waals surface area (Å²) in [6, 6.07) is 7.80. The molecule has 0 aliphatic rings. The first-order valence-corrected chi connectivity index (χ1v) is 8.36. The van der Waals surface area contributed by atoms with Crippen LogP contribution in [0.1, 0.15) is 16.2 Å². The number of aromatic carboxylic acids is 1. The average molecular weight is 313 g/mol. The fraction of sp³-hybridized carbons (Fsp3) is 0.167. The van der Waals surface area contributed by atoms with Crippen molar-refractivity contribution in [2.24, 2.45) is 0 Å². The highest BCUT2D eigenvalue weighted by molar-refractivity contribution is 7.98. The number of carboxylic acid groups (broad SMARTS) is 1. The van der Waals surface area contributed by atoms with Gasteiger partial charge >= 0.3 is 5.97 Å². The first-order chi connectivity index (χ1) is 9.36. The van der Waals surface area contributed by atoms with Crippen LogP contribution < -0.4 is 0 Å². The number of nitrogens with zero attached hydrogens (tertiary/aromatic N) is 1. The van der Waals surface area contributed by atoms with Crippen LogP contribution in [0.4, 0.5) is 0 Å². The third-order valence-electron chi connectivity index (χ3n) is 2.41. The van der Waals surface area contributed by atoms with Gasteiger partial charge in [0.15, 0.2) is 15.5 Å². The predicted octanol–water partition coefficient (Wildman–Crippen LogP) is 2.07. The van der Waals surface area contributed by atoms with Gasteiger partial charge in [-0.3, -0.25) is 0 Å². The lowest BCUT2D eigenvalue weighted by molar-refractivity contribution is 0.0685. The monoisotopic (exact) mass is 313 g/mol. The summed E-state index contributed by atoms with van der Waals surface area (Å²) in [5.74, 6) is -0.277. The van der Waals surface area contributed by atoms with Gasteiger partial charge in [-0.15, -0.1) is 11.8 Å². The van der Waals surface area contributed by atoms with Gasteiger partial charge in [0.1, 0.15) is 5.76 Å². The molecule has 1 aromatic carbocycles. The summed E-state index contributed by atoms with van der Waals surface area (Å²) < 4.78 is 27.5. The van der Waals surface area contributed by atoms with Crippen LogP contribution in [-0.2, 0) is 15.6 Å². The molecule has 0 unspecified atom stereocenters. The molecule has 2 rings (SSSR count). The van der Waals surface area contributed by atoms with E-state index < -0.39 is 15.8 Å². The number of sulfone groups is 1. The van der Waals surface area contributed by atoms with Crippen molar-refractivity contribution >= 4 is 27.6 Å². The van der Waals surface area contributed by atoms with Gasteiger partial charge in [0.25, 0.3) is 0 Å². The zero-order valence-electron chi connectivity index (χ0n) is 10.4. The van der Waals surface area contributed by atoms with E-state index in [0.29, 0.717) is 11.5 Å². The molecule has 0 atom stereocenters. The highest BCUT2D eigenvalue weighted by Gasteiger charge is 2.11. The van der Waals surface area contributed by atoms with Crippen LogP contribution in [0.2, 0.25) is 0 Å². The molecule has 0 saturated carbocycles. The second kappa shape index (κ2) is 5.68. The molecule has 2 aromatic rings. The van der Waals surface area contributed by atoms with Crippen molar-refractivity contribution in [3.05, 3.63) is 41.8 Å². The van der Waals surface area contributed by atoms with Crippen molar-refractivity contribution in [2.45, 2.75) is 15.5 Å². The molecule has 1 aromatic heterocycles. The van der Waals surface area contributed by atoms with Crippen molar-refractivity contribution in [1.29, 1.82) is 0 Å². The Balaban J connectivity index is 2.02. The van der Waals surface area contributed by atoms with Crippen LogP contribution in [0.5, 0.6) is 0 Å². The van der Waals surface area contributed by atoms with E-state index in [1.54, 1.807) is 12.1 Å². The highest BCUT2D eigenvalue weighted by atomic mass is 32.2. The Morgan fingerprint density at radius 3 is 2.50 bits per heavy atom. The minimum Gasteiger partial charge on any atom is -0.476 e. The summed E-state index contributed by atoms with van der Waals surface area (Å²) in [5, 5.41) is 12.1. The van der Waals surface area contributed by atoms with Crippen LogP contribution in [0.3, 0.4) is 0 Å². The molecule has 8 heteroatoms. The fourth-order valence-corrected chi connectivity index (χ4v) is 2.82. The van der Waals surface area contributed by atoms with Gasteiger partial charge in [-0.1, -0.05) is 5.16 Å². The fourth-order valence-electron chi connectivity index (χ4n) is 1.42. The molecular weight excluding hydrogens is 302 g/mol. The Labute approximate surface area is 119 Å². The van der Waals surface area contributed by atoms with Crippen molar-refractivity contribution in [3.63, 3.8) is 0 Å². The first kappa shape index (κ1) is 14.6. The zero-order valence-corrected chi connectivity index (χ0v) is 12.1. The standard InChI is InChI=1S/C12H11NO5S2/c1-20(16,17)10-4-2-9(3-5-10)19-7-8-6-11(12(14)15)13-18-8/h2-6H,7H2,1H3,(H,14,15). The molecule has 1 heterocycles. The van der Waals surface area contributed by atoms with E-state index in [4.69, 9.17) is 9.63 Å². The largest absolute Gasteiger partial charge is 0.476 e. The van der Waals surface area contributed by atoms with Crippen LogP contribution in [0.25, 0.3) is 0 Å². The van der Waals surface area contributed by atoms with E-state index in [9.17, 15) is 13.2 Å². The van der Waals surface area contributed by atoms with Gasteiger partial charge in [0.05, 0.1) is 10.6 Å². The molecule has 0 bridgehead atoms. The first-order valence-electron chi connectivity index (χ1n) is 5.48. The maximum Gasteiger partial charge on any atom is 0.358 e. The van der Waals surface area contributed by atoms with Crippen LogP contribution in [0.15, 0.2) is 44.6 Å². The van der Waals surface area contributed by atoms with E-state index in [1.807, 2.05) is 0 Å². The topological polar surface area (TPSA) is 97.5 Å². The number of aromatic nitrogens is 1. The number of thioether (sulfide) groups is 1. The molecule has 0 spiro atoms. The van der Waals surface area contributed by atoms with Gasteiger partial charge in [-0.05, 0) is 24.3 Å². The smallest absolute Gasteiger partial charge is 0.358 e. The van der Waals surface area contributed by atoms with E-state index in [-0.39, 0.29) is 10.6 Å². The molecule has 0 fully saturated rings. The maximum absolute atomic E-state index is 11.3. The number of carbonyl (C=O) groups is 1. The summed E-state index contributed by atoms with van der Waals surface area (Å²) in [6.07, 6.45) is 1.15. The van der Waals surface area contributed by atoms with Crippen molar-refractivity contribution in [3.8, 4) is 0 Å². The summed E-state index contributed by atoms with van der Waals surface area (Å²) in [4.78, 5) is 11.7. The lowest BCUT2D eigenvalue weighted by atomic mass is 10.4. The lowest BCUT2D eigenvalue weighted by Gasteiger charge is -2.01. The number of hydrogen-bond acceptors (Lipinski definition) is 6. The molecule has 6 nitrogen and oxygen atoms in total. The second-order valence-corrected chi connectivity index (χ2v) is 7.08. The molecule has 20 heavy (non-hydrogen) atoms. The van der Waals surface area contributed by atoms with Crippen molar-refractivity contribution in [2.75, 3.05) is 6.26 Å². The summed E-state index contributed by atoms with van der Waals surface area (Å²) in [6.45, 7) is 0. The van der Waals surface area contributed by atoms with Crippen molar-refractivity contribution < 1.29 is 22.8 Å². The minimum atomic E-state index is -3.20. The molecule has 0 saturated heterocycles. The molecule has 1 N–H and O–H groups in total. The Morgan fingerprint density at radius 2 is 2.00 bits per heavy atom. The lowest BCUT2D eigenvalue weighted by Crippen LogP contribution is -1.96. The van der Waals surface area contributed by atoms with E-state index in [1.165, 1.54) is 30.0 Å². The minimum absolute atomic E-state index is 0.131. The zero-order chi connectivity index (χ0) is 14.8. The van der Waals surface area contributed by atoms with E-state index in [0.717, 1.165) is 11.2 Å². The average Bonchev–Trinajstić information content (AvgIpc) is 2.85. The van der Waals surface area contributed by atoms with Crippen LogP contribution in [0, 0.1) is 0 Å². The Hall–Kier alpha value is -1.80. The molecule has 0 radical (unpaired) electrons. The summed E-state index contributed by atoms with van der Waals surface area (Å²) >= 11 is 1.40. The summed E-state index contributed by atoms with van der Waals surface area (Å²) in [5.41, 5.74) is -0.131. The predicted molar refractivity (Wildman–Crippen MR) is 72.6 cm³/mol. The van der Waals surface area contributed by atoms with Gasteiger partial charge in [-0.25, -0.2) is 13.2 Å². The van der Waals surface area contributed by atoms with Gasteiger partial charge < -0.3 is 9.63 Å². The molecule has 106 valence electrons. The number of benzene rings is 1. The molecule has 0 aliphatic carbocycles. The quantitative estimate of drug-likeness (QED) is 0.844. The Bertz CT molecular complexity index is 719. The Morgan fingerprint density at radius 1 is 1.35 bits per heavy atom. The normalized spacial score (nSPS) is 11.4. The number of hydrogen-bond donors (Lipinski definition) is 1. The van der Waals surface area contributed by atoms with E-state index >= 15 is 0 Å². The molecule has 0 amide bonds. The maximum atomic E-state index is 11.3. The third-order valence-corrected chi connectivity index (χ3v) is 4.57. The van der Waals surface area contributed by atoms with E-state index in [2.05, 4.69) is 5.16 Å². The number of carboxylic acids is 1. The third kappa shape index (κ3) is 3.61. The molecular formula is C12H11NO5S2. The van der Waals surface area contributed by atoms with Crippen LogP contribution >= 0.6 is 11.8 Å². The summed E-state index contributed by atoms with van der Waals surface area (Å²) in [7, 11) is -3.20. The van der Waals surface area contributed by atoms with Gasteiger partial charge in [-0.2, -0.15) is 0 Å².